The second-order valence-electron chi connectivity index (χ2n) is 6.06. The van der Waals surface area contributed by atoms with Crippen LogP contribution in [0.3, 0.4) is 0 Å². The Bertz CT molecular complexity index is 898. The third-order valence-electron chi connectivity index (χ3n) is 4.82. The molecule has 0 unspecified atom stereocenters. The van der Waals surface area contributed by atoms with Crippen molar-refractivity contribution in [3.8, 4) is 5.75 Å². The molecule has 1 aromatic heterocycles. The third-order valence-corrected chi connectivity index (χ3v) is 4.82. The number of nitrogens with zero attached hydrogens (tertiary/aromatic N) is 1. The van der Waals surface area contributed by atoms with Crippen molar-refractivity contribution >= 4 is 22.9 Å². The summed E-state index contributed by atoms with van der Waals surface area (Å²) in [7, 11) is 1.52. The van der Waals surface area contributed by atoms with Gasteiger partial charge in [0.2, 0.25) is 0 Å². The molecule has 132 valence electrons. The fraction of sp³-hybridized carbons (Fsp3) is 0.389. The Morgan fingerprint density at radius 1 is 1.16 bits per heavy atom. The van der Waals surface area contributed by atoms with Gasteiger partial charge in [0.1, 0.15) is 16.9 Å². The van der Waals surface area contributed by atoms with Crippen LogP contribution in [0.25, 0.3) is 11.0 Å². The number of fused-ring (bicyclic) bond motifs is 1. The lowest BCUT2D eigenvalue weighted by Crippen LogP contribution is -2.45. The summed E-state index contributed by atoms with van der Waals surface area (Å²) in [4.78, 5) is 38.1. The summed E-state index contributed by atoms with van der Waals surface area (Å²) in [6, 6.07) is 5.96. The molecular weight excluding hydrogens is 324 g/mol. The molecule has 2 aromatic rings. The van der Waals surface area contributed by atoms with Crippen LogP contribution in [0, 0.1) is 0 Å². The number of rotatable bonds is 5. The quantitative estimate of drug-likeness (QED) is 0.665. The van der Waals surface area contributed by atoms with E-state index in [-0.39, 0.29) is 12.5 Å². The van der Waals surface area contributed by atoms with Crippen molar-refractivity contribution in [1.82, 2.24) is 10.2 Å². The van der Waals surface area contributed by atoms with Gasteiger partial charge < -0.3 is 14.5 Å². The maximum atomic E-state index is 12.7. The molecule has 2 heterocycles. The Morgan fingerprint density at radius 3 is 2.48 bits per heavy atom. The van der Waals surface area contributed by atoms with Crippen molar-refractivity contribution in [3.05, 3.63) is 40.2 Å². The molecular formula is C18H20N2O5. The Kier molecular flexibility index (Phi) is 4.24. The summed E-state index contributed by atoms with van der Waals surface area (Å²) < 4.78 is 10.3. The van der Waals surface area contributed by atoms with Crippen LogP contribution in [0.2, 0.25) is 0 Å². The number of benzene rings is 1. The molecule has 1 fully saturated rings. The van der Waals surface area contributed by atoms with Crippen LogP contribution in [0.15, 0.2) is 33.5 Å². The minimum absolute atomic E-state index is 0.0147. The van der Waals surface area contributed by atoms with E-state index in [0.29, 0.717) is 35.1 Å². The topological polar surface area (TPSA) is 88.8 Å². The predicted molar refractivity (Wildman–Crippen MR) is 91.4 cm³/mol. The summed E-state index contributed by atoms with van der Waals surface area (Å²) >= 11 is 0. The van der Waals surface area contributed by atoms with Gasteiger partial charge in [-0.25, -0.2) is 9.59 Å². The first-order valence-electron chi connectivity index (χ1n) is 8.19. The van der Waals surface area contributed by atoms with Crippen LogP contribution in [-0.4, -0.2) is 29.5 Å². The van der Waals surface area contributed by atoms with Gasteiger partial charge in [-0.05, 0) is 30.5 Å². The number of amides is 3. The number of imide groups is 1. The van der Waals surface area contributed by atoms with Crippen molar-refractivity contribution in [1.29, 1.82) is 0 Å². The molecule has 1 aromatic carbocycles. The number of methoxy groups -OCH3 is 1. The van der Waals surface area contributed by atoms with Gasteiger partial charge in [0.25, 0.3) is 5.91 Å². The Morgan fingerprint density at radius 2 is 1.88 bits per heavy atom. The van der Waals surface area contributed by atoms with Crippen molar-refractivity contribution in [2.24, 2.45) is 0 Å². The highest BCUT2D eigenvalue weighted by molar-refractivity contribution is 6.07. The Labute approximate surface area is 144 Å². The highest BCUT2D eigenvalue weighted by atomic mass is 16.5. The third kappa shape index (κ3) is 2.75. The molecule has 0 radical (unpaired) electrons. The van der Waals surface area contributed by atoms with Crippen molar-refractivity contribution in [2.75, 3.05) is 7.11 Å². The van der Waals surface area contributed by atoms with E-state index < -0.39 is 17.2 Å². The molecule has 1 saturated heterocycles. The zero-order valence-electron chi connectivity index (χ0n) is 14.4. The number of hydrogen-bond donors (Lipinski definition) is 1. The van der Waals surface area contributed by atoms with E-state index in [1.807, 2.05) is 13.8 Å². The molecule has 0 bridgehead atoms. The van der Waals surface area contributed by atoms with Crippen LogP contribution in [0.4, 0.5) is 4.79 Å². The predicted octanol–water partition coefficient (Wildman–Crippen LogP) is 2.41. The molecule has 3 amide bonds. The zero-order valence-corrected chi connectivity index (χ0v) is 14.4. The minimum Gasteiger partial charge on any atom is -0.497 e. The Hall–Kier alpha value is -2.83. The molecule has 1 aliphatic heterocycles. The van der Waals surface area contributed by atoms with E-state index >= 15 is 0 Å². The molecule has 3 rings (SSSR count). The van der Waals surface area contributed by atoms with Gasteiger partial charge in [0.05, 0.1) is 13.7 Å². The van der Waals surface area contributed by atoms with Crippen LogP contribution >= 0.6 is 0 Å². The highest BCUT2D eigenvalue weighted by Crippen LogP contribution is 2.28. The maximum absolute atomic E-state index is 12.7. The van der Waals surface area contributed by atoms with E-state index in [0.717, 1.165) is 4.90 Å². The monoisotopic (exact) mass is 344 g/mol. The van der Waals surface area contributed by atoms with E-state index in [1.54, 1.807) is 18.2 Å². The van der Waals surface area contributed by atoms with E-state index in [9.17, 15) is 14.4 Å². The van der Waals surface area contributed by atoms with Crippen LogP contribution in [0.1, 0.15) is 32.3 Å². The van der Waals surface area contributed by atoms with E-state index in [4.69, 9.17) is 9.15 Å². The van der Waals surface area contributed by atoms with Gasteiger partial charge in [-0.1, -0.05) is 13.8 Å². The maximum Gasteiger partial charge on any atom is 0.336 e. The molecule has 1 N–H and O–H groups in total. The summed E-state index contributed by atoms with van der Waals surface area (Å²) in [5, 5.41) is 3.44. The van der Waals surface area contributed by atoms with Crippen LogP contribution in [0.5, 0.6) is 5.75 Å². The molecule has 25 heavy (non-hydrogen) atoms. The van der Waals surface area contributed by atoms with Gasteiger partial charge in [0.15, 0.2) is 0 Å². The van der Waals surface area contributed by atoms with Gasteiger partial charge in [-0.3, -0.25) is 9.69 Å². The highest BCUT2D eigenvalue weighted by Gasteiger charge is 2.48. The van der Waals surface area contributed by atoms with Crippen molar-refractivity contribution < 1.29 is 18.7 Å². The number of ether oxygens (including phenoxy) is 1. The first-order valence-corrected chi connectivity index (χ1v) is 8.19. The number of nitrogens with one attached hydrogen (secondary N) is 1. The largest absolute Gasteiger partial charge is 0.497 e. The second kappa shape index (κ2) is 6.23. The van der Waals surface area contributed by atoms with E-state index in [2.05, 4.69) is 5.32 Å². The first kappa shape index (κ1) is 17.0. The lowest BCUT2D eigenvalue weighted by atomic mass is 9.93. The standard InChI is InChI=1S/C18H20N2O5/c1-4-18(5-2)16(22)20(17(23)19-18)10-11-8-15(21)25-14-9-12(24-3)6-7-13(11)14/h6-9H,4-5,10H2,1-3H3,(H,19,23). The lowest BCUT2D eigenvalue weighted by Gasteiger charge is -2.23. The number of carbonyl (C=O) groups excluding carboxylic acids is 2. The molecule has 0 saturated carbocycles. The molecule has 0 atom stereocenters. The normalized spacial score (nSPS) is 16.4. The first-order chi connectivity index (χ1) is 11.9. The summed E-state index contributed by atoms with van der Waals surface area (Å²) in [5.74, 6) is 0.288. The van der Waals surface area contributed by atoms with Gasteiger partial charge in [-0.2, -0.15) is 0 Å². The van der Waals surface area contributed by atoms with Gasteiger partial charge in [0, 0.05) is 17.5 Å². The average Bonchev–Trinajstić information content (AvgIpc) is 2.85. The fourth-order valence-corrected chi connectivity index (χ4v) is 3.19. The van der Waals surface area contributed by atoms with E-state index in [1.165, 1.54) is 13.2 Å². The lowest BCUT2D eigenvalue weighted by molar-refractivity contribution is -0.131. The SMILES string of the molecule is CCC1(CC)NC(=O)N(Cc2cc(=O)oc3cc(OC)ccc23)C1=O. The van der Waals surface area contributed by atoms with Crippen molar-refractivity contribution in [3.63, 3.8) is 0 Å². The number of urea groups is 1. The molecule has 7 heteroatoms. The fourth-order valence-electron chi connectivity index (χ4n) is 3.19. The summed E-state index contributed by atoms with van der Waals surface area (Å²) in [6.07, 6.45) is 1.03. The number of hydrogen-bond acceptors (Lipinski definition) is 5. The number of carbonyl (C=O) groups is 2. The zero-order chi connectivity index (χ0) is 18.2. The van der Waals surface area contributed by atoms with Gasteiger partial charge >= 0.3 is 11.7 Å². The second-order valence-corrected chi connectivity index (χ2v) is 6.06. The molecule has 7 nitrogen and oxygen atoms in total. The smallest absolute Gasteiger partial charge is 0.336 e. The Balaban J connectivity index is 2.02. The van der Waals surface area contributed by atoms with Crippen LogP contribution < -0.4 is 15.7 Å². The molecule has 0 aliphatic carbocycles. The van der Waals surface area contributed by atoms with Crippen molar-refractivity contribution in [2.45, 2.75) is 38.8 Å². The summed E-state index contributed by atoms with van der Waals surface area (Å²) in [5.41, 5.74) is -0.498. The minimum atomic E-state index is -0.866. The van der Waals surface area contributed by atoms with Crippen LogP contribution in [-0.2, 0) is 11.3 Å². The van der Waals surface area contributed by atoms with Gasteiger partial charge in [-0.15, -0.1) is 0 Å². The summed E-state index contributed by atoms with van der Waals surface area (Å²) in [6.45, 7) is 3.74. The molecule has 0 spiro atoms. The molecule has 1 aliphatic rings. The average molecular weight is 344 g/mol.